The summed E-state index contributed by atoms with van der Waals surface area (Å²) in [7, 11) is -2.83. The lowest BCUT2D eigenvalue weighted by molar-refractivity contribution is -0.113. The first-order chi connectivity index (χ1) is 15.8. The van der Waals surface area contributed by atoms with Crippen molar-refractivity contribution in [3.63, 3.8) is 0 Å². The first kappa shape index (κ1) is 23.0. The maximum absolute atomic E-state index is 13.1. The fourth-order valence-corrected chi connectivity index (χ4v) is 5.27. The van der Waals surface area contributed by atoms with Gasteiger partial charge in [-0.3, -0.25) is 9.69 Å². The Morgan fingerprint density at radius 3 is 2.36 bits per heavy atom. The molecule has 0 saturated carbocycles. The number of carbonyl (C=O) groups is 1. The van der Waals surface area contributed by atoms with Crippen LogP contribution in [0.15, 0.2) is 82.6 Å². The monoisotopic (exact) mass is 501 g/mol. The normalized spacial score (nSPS) is 15.2. The van der Waals surface area contributed by atoms with Crippen LogP contribution >= 0.6 is 24.0 Å². The lowest BCUT2D eigenvalue weighted by Crippen LogP contribution is -2.27. The maximum Gasteiger partial charge on any atom is 0.339 e. The van der Waals surface area contributed by atoms with Crippen LogP contribution in [0.25, 0.3) is 6.08 Å². The minimum atomic E-state index is -4.20. The Labute approximate surface area is 199 Å². The van der Waals surface area contributed by atoms with E-state index < -0.39 is 15.9 Å². The number of nitrogens with zero attached hydrogens (tertiary/aromatic N) is 1. The van der Waals surface area contributed by atoms with Crippen molar-refractivity contribution in [3.8, 4) is 11.5 Å². The Morgan fingerprint density at radius 1 is 1.00 bits per heavy atom. The van der Waals surface area contributed by atoms with Gasteiger partial charge < -0.3 is 8.92 Å². The van der Waals surface area contributed by atoms with E-state index in [1.807, 2.05) is 18.2 Å². The highest BCUT2D eigenvalue weighted by molar-refractivity contribution is 8.27. The predicted molar refractivity (Wildman–Crippen MR) is 129 cm³/mol. The fraction of sp³-hybridized carbons (Fsp3) is 0.0435. The zero-order valence-corrected chi connectivity index (χ0v) is 19.5. The van der Waals surface area contributed by atoms with Crippen molar-refractivity contribution in [3.05, 3.63) is 89.1 Å². The summed E-state index contributed by atoms with van der Waals surface area (Å²) < 4.78 is 49.0. The molecule has 0 atom stereocenters. The molecule has 4 rings (SSSR count). The van der Waals surface area contributed by atoms with Gasteiger partial charge in [0.2, 0.25) is 0 Å². The van der Waals surface area contributed by atoms with Crippen LogP contribution in [0.1, 0.15) is 5.56 Å². The SMILES string of the molecule is COc1cc(/C=C2/SC(=S)N(c3ccccc3)C2=O)ccc1OS(=O)(=O)c1ccc(F)cc1. The zero-order valence-electron chi connectivity index (χ0n) is 17.1. The minimum Gasteiger partial charge on any atom is -0.493 e. The summed E-state index contributed by atoms with van der Waals surface area (Å²) in [6.45, 7) is 0. The lowest BCUT2D eigenvalue weighted by atomic mass is 10.2. The molecule has 1 saturated heterocycles. The molecule has 1 fully saturated rings. The van der Waals surface area contributed by atoms with E-state index >= 15 is 0 Å². The Balaban J connectivity index is 1.59. The predicted octanol–water partition coefficient (Wildman–Crippen LogP) is 5.01. The molecule has 0 aromatic heterocycles. The average molecular weight is 502 g/mol. The third-order valence-electron chi connectivity index (χ3n) is 4.60. The quantitative estimate of drug-likeness (QED) is 0.267. The molecule has 1 aliphatic heterocycles. The fourth-order valence-electron chi connectivity index (χ4n) is 3.03. The van der Waals surface area contributed by atoms with E-state index in [-0.39, 0.29) is 22.3 Å². The van der Waals surface area contributed by atoms with Crippen molar-refractivity contribution < 1.29 is 26.5 Å². The highest BCUT2D eigenvalue weighted by atomic mass is 32.2. The number of anilines is 1. The standard InChI is InChI=1S/C23H16FNO5S3/c1-29-20-13-15(7-12-19(20)30-33(27,28)18-10-8-16(24)9-11-18)14-21-22(26)25(23(31)32-21)17-5-3-2-4-6-17/h2-14H,1H3/b21-14+. The van der Waals surface area contributed by atoms with Gasteiger partial charge in [-0.2, -0.15) is 8.42 Å². The van der Waals surface area contributed by atoms with E-state index in [0.29, 0.717) is 20.5 Å². The van der Waals surface area contributed by atoms with Gasteiger partial charge in [-0.1, -0.05) is 48.2 Å². The third kappa shape index (κ3) is 4.92. The van der Waals surface area contributed by atoms with Crippen molar-refractivity contribution in [2.75, 3.05) is 12.0 Å². The Kier molecular flexibility index (Phi) is 6.50. The van der Waals surface area contributed by atoms with Gasteiger partial charge in [-0.15, -0.1) is 0 Å². The number of ether oxygens (including phenoxy) is 1. The van der Waals surface area contributed by atoms with Crippen molar-refractivity contribution in [1.82, 2.24) is 0 Å². The smallest absolute Gasteiger partial charge is 0.339 e. The van der Waals surface area contributed by atoms with Gasteiger partial charge in [0.25, 0.3) is 5.91 Å². The summed E-state index contributed by atoms with van der Waals surface area (Å²) >= 11 is 6.54. The largest absolute Gasteiger partial charge is 0.493 e. The van der Waals surface area contributed by atoms with Gasteiger partial charge in [0, 0.05) is 0 Å². The minimum absolute atomic E-state index is 0.0455. The van der Waals surface area contributed by atoms with Crippen LogP contribution in [0.5, 0.6) is 11.5 Å². The molecular formula is C23H16FNO5S3. The maximum atomic E-state index is 13.1. The number of benzene rings is 3. The van der Waals surface area contributed by atoms with E-state index in [0.717, 1.165) is 24.3 Å². The number of para-hydroxylation sites is 1. The van der Waals surface area contributed by atoms with Crippen LogP contribution in [-0.4, -0.2) is 25.8 Å². The van der Waals surface area contributed by atoms with Crippen LogP contribution in [0, 0.1) is 5.82 Å². The number of hydrogen-bond acceptors (Lipinski definition) is 7. The molecule has 10 heteroatoms. The molecule has 0 aliphatic carbocycles. The highest BCUT2D eigenvalue weighted by Crippen LogP contribution is 2.37. The zero-order chi connectivity index (χ0) is 23.6. The molecule has 0 N–H and O–H groups in total. The first-order valence-electron chi connectivity index (χ1n) is 9.49. The topological polar surface area (TPSA) is 72.9 Å². The summed E-state index contributed by atoms with van der Waals surface area (Å²) in [5.74, 6) is -0.716. The molecule has 0 radical (unpaired) electrons. The van der Waals surface area contributed by atoms with Gasteiger partial charge in [-0.05, 0) is 60.2 Å². The van der Waals surface area contributed by atoms with E-state index in [1.165, 1.54) is 29.8 Å². The van der Waals surface area contributed by atoms with Crippen molar-refractivity contribution in [2.45, 2.75) is 4.90 Å². The third-order valence-corrected chi connectivity index (χ3v) is 7.15. The number of carbonyl (C=O) groups excluding carboxylic acids is 1. The van der Waals surface area contributed by atoms with Crippen molar-refractivity contribution in [1.29, 1.82) is 0 Å². The van der Waals surface area contributed by atoms with Gasteiger partial charge >= 0.3 is 10.1 Å². The van der Waals surface area contributed by atoms with E-state index in [4.69, 9.17) is 21.1 Å². The molecule has 168 valence electrons. The number of hydrogen-bond donors (Lipinski definition) is 0. The van der Waals surface area contributed by atoms with Gasteiger partial charge in [0.1, 0.15) is 10.7 Å². The van der Waals surface area contributed by atoms with Crippen LogP contribution in [0.2, 0.25) is 0 Å². The lowest BCUT2D eigenvalue weighted by Gasteiger charge is -2.14. The second-order valence-corrected chi connectivity index (χ2v) is 9.98. The van der Waals surface area contributed by atoms with Gasteiger partial charge in [-0.25, -0.2) is 4.39 Å². The molecule has 1 aliphatic rings. The summed E-state index contributed by atoms with van der Waals surface area (Å²) in [5, 5.41) is 0. The van der Waals surface area contributed by atoms with Crippen LogP contribution in [-0.2, 0) is 14.9 Å². The molecule has 3 aromatic rings. The van der Waals surface area contributed by atoms with Crippen LogP contribution < -0.4 is 13.8 Å². The molecule has 0 spiro atoms. The summed E-state index contributed by atoms with van der Waals surface area (Å²) in [6.07, 6.45) is 1.64. The molecule has 1 heterocycles. The number of rotatable bonds is 6. The summed E-state index contributed by atoms with van der Waals surface area (Å²) in [5.41, 5.74) is 1.27. The van der Waals surface area contributed by atoms with E-state index in [2.05, 4.69) is 0 Å². The van der Waals surface area contributed by atoms with Gasteiger partial charge in [0.05, 0.1) is 17.7 Å². The molecule has 6 nitrogen and oxygen atoms in total. The van der Waals surface area contributed by atoms with Crippen LogP contribution in [0.4, 0.5) is 10.1 Å². The molecule has 0 bridgehead atoms. The first-order valence-corrected chi connectivity index (χ1v) is 12.1. The van der Waals surface area contributed by atoms with E-state index in [1.54, 1.807) is 30.3 Å². The number of halogens is 1. The summed E-state index contributed by atoms with van der Waals surface area (Å²) in [4.78, 5) is 14.6. The molecule has 0 unspecified atom stereocenters. The average Bonchev–Trinajstić information content (AvgIpc) is 3.08. The number of thioether (sulfide) groups is 1. The van der Waals surface area contributed by atoms with Crippen LogP contribution in [0.3, 0.4) is 0 Å². The Hall–Kier alpha value is -3.21. The number of amides is 1. The molecular weight excluding hydrogens is 485 g/mol. The Bertz CT molecular complexity index is 1360. The Morgan fingerprint density at radius 2 is 1.70 bits per heavy atom. The molecule has 3 aromatic carbocycles. The second-order valence-electron chi connectivity index (χ2n) is 6.75. The number of methoxy groups -OCH3 is 1. The van der Waals surface area contributed by atoms with E-state index in [9.17, 15) is 17.6 Å². The summed E-state index contributed by atoms with van der Waals surface area (Å²) in [6, 6.07) is 17.9. The highest BCUT2D eigenvalue weighted by Gasteiger charge is 2.33. The van der Waals surface area contributed by atoms with Crippen molar-refractivity contribution >= 4 is 56.1 Å². The second kappa shape index (κ2) is 9.34. The number of thiocarbonyl (C=S) groups is 1. The molecule has 1 amide bonds. The van der Waals surface area contributed by atoms with Gasteiger partial charge in [0.15, 0.2) is 15.8 Å². The van der Waals surface area contributed by atoms with Crippen molar-refractivity contribution in [2.24, 2.45) is 0 Å². The molecule has 33 heavy (non-hydrogen) atoms.